The van der Waals surface area contributed by atoms with Crippen molar-refractivity contribution in [1.82, 2.24) is 14.7 Å². The molecule has 1 fully saturated rings. The van der Waals surface area contributed by atoms with Gasteiger partial charge in [0.1, 0.15) is 0 Å². The molecule has 1 heterocycles. The smallest absolute Gasteiger partial charge is 0.230 e. The topological polar surface area (TPSA) is 61.9 Å². The van der Waals surface area contributed by atoms with E-state index in [1.165, 1.54) is 12.8 Å². The van der Waals surface area contributed by atoms with Gasteiger partial charge in [0.15, 0.2) is 0 Å². The second-order valence-corrected chi connectivity index (χ2v) is 6.07. The first-order valence-electron chi connectivity index (χ1n) is 7.61. The van der Waals surface area contributed by atoms with Crippen LogP contribution in [0.4, 0.5) is 0 Å². The van der Waals surface area contributed by atoms with Crippen LogP contribution in [0.5, 0.6) is 0 Å². The summed E-state index contributed by atoms with van der Waals surface area (Å²) in [5.74, 6) is 0.559. The Balaban J connectivity index is 2.16. The van der Waals surface area contributed by atoms with Crippen molar-refractivity contribution < 1.29 is 4.79 Å². The first-order chi connectivity index (χ1) is 9.95. The highest BCUT2D eigenvalue weighted by atomic mass is 16.2. The Labute approximate surface area is 126 Å². The molecule has 5 nitrogen and oxygen atoms in total. The molecule has 1 aliphatic rings. The summed E-state index contributed by atoms with van der Waals surface area (Å²) in [7, 11) is 1.90. The number of nitriles is 1. The molecule has 114 valence electrons. The molecule has 5 heteroatoms. The van der Waals surface area contributed by atoms with E-state index in [-0.39, 0.29) is 11.8 Å². The SMILES string of the molecule is Cc1nn(C)c(C)c1[C@@H](C)C(=O)N(CCC#N)CC1CC1. The van der Waals surface area contributed by atoms with Crippen molar-refractivity contribution in [2.24, 2.45) is 13.0 Å². The predicted octanol–water partition coefficient (Wildman–Crippen LogP) is 2.29. The number of rotatable bonds is 6. The average Bonchev–Trinajstić information content (AvgIpc) is 3.22. The number of carbonyl (C=O) groups is 1. The lowest BCUT2D eigenvalue weighted by Crippen LogP contribution is -2.37. The molecule has 2 rings (SSSR count). The largest absolute Gasteiger partial charge is 0.341 e. The molecule has 1 atom stereocenters. The van der Waals surface area contributed by atoms with Gasteiger partial charge in [0.05, 0.1) is 24.1 Å². The Morgan fingerprint density at radius 3 is 2.67 bits per heavy atom. The summed E-state index contributed by atoms with van der Waals surface area (Å²) in [6, 6.07) is 2.14. The zero-order chi connectivity index (χ0) is 15.6. The van der Waals surface area contributed by atoms with Gasteiger partial charge in [-0.05, 0) is 39.5 Å². The molecule has 0 unspecified atom stereocenters. The monoisotopic (exact) mass is 288 g/mol. The average molecular weight is 288 g/mol. The van der Waals surface area contributed by atoms with Gasteiger partial charge in [0, 0.05) is 31.4 Å². The van der Waals surface area contributed by atoms with Crippen LogP contribution in [-0.2, 0) is 11.8 Å². The molecular formula is C16H24N4O. The van der Waals surface area contributed by atoms with Crippen molar-refractivity contribution in [3.63, 3.8) is 0 Å². The molecule has 0 radical (unpaired) electrons. The highest BCUT2D eigenvalue weighted by Gasteiger charge is 2.31. The number of aromatic nitrogens is 2. The van der Waals surface area contributed by atoms with Crippen LogP contribution in [0.15, 0.2) is 0 Å². The highest BCUT2D eigenvalue weighted by Crippen LogP contribution is 2.31. The van der Waals surface area contributed by atoms with Crippen LogP contribution >= 0.6 is 0 Å². The van der Waals surface area contributed by atoms with Crippen LogP contribution < -0.4 is 0 Å². The lowest BCUT2D eigenvalue weighted by atomic mass is 9.97. The van der Waals surface area contributed by atoms with E-state index in [0.717, 1.165) is 23.5 Å². The second kappa shape index (κ2) is 6.30. The van der Waals surface area contributed by atoms with Crippen LogP contribution in [0.1, 0.15) is 49.1 Å². The molecule has 0 aromatic carbocycles. The zero-order valence-electron chi connectivity index (χ0n) is 13.4. The summed E-state index contributed by atoms with van der Waals surface area (Å²) in [4.78, 5) is 14.7. The first kappa shape index (κ1) is 15.6. The van der Waals surface area contributed by atoms with Crippen molar-refractivity contribution in [3.8, 4) is 6.07 Å². The number of hydrogen-bond donors (Lipinski definition) is 0. The Hall–Kier alpha value is -1.83. The molecule has 1 amide bonds. The third-order valence-electron chi connectivity index (χ3n) is 4.35. The van der Waals surface area contributed by atoms with E-state index in [1.807, 2.05) is 37.4 Å². The molecule has 1 aliphatic carbocycles. The maximum Gasteiger partial charge on any atom is 0.230 e. The minimum Gasteiger partial charge on any atom is -0.341 e. The van der Waals surface area contributed by atoms with Crippen molar-refractivity contribution in [2.75, 3.05) is 13.1 Å². The Morgan fingerprint density at radius 1 is 1.52 bits per heavy atom. The molecule has 21 heavy (non-hydrogen) atoms. The zero-order valence-corrected chi connectivity index (χ0v) is 13.4. The molecular weight excluding hydrogens is 264 g/mol. The molecule has 0 spiro atoms. The Bertz CT molecular complexity index is 566. The number of amides is 1. The number of aryl methyl sites for hydroxylation is 2. The second-order valence-electron chi connectivity index (χ2n) is 6.07. The van der Waals surface area contributed by atoms with Crippen molar-refractivity contribution in [1.29, 1.82) is 5.26 Å². The van der Waals surface area contributed by atoms with Crippen LogP contribution in [-0.4, -0.2) is 33.7 Å². The van der Waals surface area contributed by atoms with Crippen molar-refractivity contribution >= 4 is 5.91 Å². The lowest BCUT2D eigenvalue weighted by Gasteiger charge is -2.25. The minimum absolute atomic E-state index is 0.122. The standard InChI is InChI=1S/C16H24N4O/c1-11(15-12(2)18-19(4)13(15)3)16(21)20(9-5-8-17)10-14-6-7-14/h11,14H,5-7,9-10H2,1-4H3/t11-/m1/s1. The first-order valence-corrected chi connectivity index (χ1v) is 7.61. The van der Waals surface area contributed by atoms with Crippen LogP contribution in [0.2, 0.25) is 0 Å². The maximum atomic E-state index is 12.8. The molecule has 1 aromatic rings. The number of carbonyl (C=O) groups excluding carboxylic acids is 1. The van der Waals surface area contributed by atoms with Gasteiger partial charge in [-0.25, -0.2) is 0 Å². The Morgan fingerprint density at radius 2 is 2.19 bits per heavy atom. The lowest BCUT2D eigenvalue weighted by molar-refractivity contribution is -0.132. The molecule has 1 saturated carbocycles. The van der Waals surface area contributed by atoms with Gasteiger partial charge >= 0.3 is 0 Å². The van der Waals surface area contributed by atoms with Crippen molar-refractivity contribution in [3.05, 3.63) is 17.0 Å². The van der Waals surface area contributed by atoms with Gasteiger partial charge in [-0.2, -0.15) is 10.4 Å². The fraction of sp³-hybridized carbons (Fsp3) is 0.688. The van der Waals surface area contributed by atoms with E-state index in [9.17, 15) is 4.79 Å². The maximum absolute atomic E-state index is 12.8. The summed E-state index contributed by atoms with van der Waals surface area (Å²) in [6.45, 7) is 7.23. The molecule has 0 bridgehead atoms. The van der Waals surface area contributed by atoms with E-state index < -0.39 is 0 Å². The van der Waals surface area contributed by atoms with Gasteiger partial charge in [-0.15, -0.1) is 0 Å². The highest BCUT2D eigenvalue weighted by molar-refractivity contribution is 5.84. The normalized spacial score (nSPS) is 15.6. The Kier molecular flexibility index (Phi) is 4.66. The fourth-order valence-corrected chi connectivity index (χ4v) is 2.90. The molecule has 0 N–H and O–H groups in total. The third-order valence-corrected chi connectivity index (χ3v) is 4.35. The summed E-state index contributed by atoms with van der Waals surface area (Å²) in [6.07, 6.45) is 2.81. The minimum atomic E-state index is -0.198. The van der Waals surface area contributed by atoms with Gasteiger partial charge in [0.25, 0.3) is 0 Å². The summed E-state index contributed by atoms with van der Waals surface area (Å²) >= 11 is 0. The predicted molar refractivity (Wildman–Crippen MR) is 80.6 cm³/mol. The van der Waals surface area contributed by atoms with E-state index in [0.29, 0.717) is 18.9 Å². The van der Waals surface area contributed by atoms with Gasteiger partial charge < -0.3 is 4.90 Å². The summed E-state index contributed by atoms with van der Waals surface area (Å²) in [5.41, 5.74) is 2.99. The van der Waals surface area contributed by atoms with Gasteiger partial charge in [-0.1, -0.05) is 0 Å². The fourth-order valence-electron chi connectivity index (χ4n) is 2.90. The van der Waals surface area contributed by atoms with E-state index in [4.69, 9.17) is 5.26 Å². The van der Waals surface area contributed by atoms with Crippen LogP contribution in [0.25, 0.3) is 0 Å². The molecule has 0 saturated heterocycles. The summed E-state index contributed by atoms with van der Waals surface area (Å²) < 4.78 is 1.83. The van der Waals surface area contributed by atoms with E-state index >= 15 is 0 Å². The summed E-state index contributed by atoms with van der Waals surface area (Å²) in [5, 5.41) is 13.2. The van der Waals surface area contributed by atoms with Crippen LogP contribution in [0, 0.1) is 31.1 Å². The van der Waals surface area contributed by atoms with E-state index in [2.05, 4.69) is 11.2 Å². The van der Waals surface area contributed by atoms with Crippen LogP contribution in [0.3, 0.4) is 0 Å². The van der Waals surface area contributed by atoms with Gasteiger partial charge in [-0.3, -0.25) is 9.48 Å². The van der Waals surface area contributed by atoms with E-state index in [1.54, 1.807) is 0 Å². The number of hydrogen-bond acceptors (Lipinski definition) is 3. The molecule has 0 aliphatic heterocycles. The number of nitrogens with zero attached hydrogens (tertiary/aromatic N) is 4. The molecule has 1 aromatic heterocycles. The van der Waals surface area contributed by atoms with Gasteiger partial charge in [0.2, 0.25) is 5.91 Å². The quantitative estimate of drug-likeness (QED) is 0.807. The third kappa shape index (κ3) is 3.44. The van der Waals surface area contributed by atoms with Crippen molar-refractivity contribution in [2.45, 2.75) is 46.0 Å².